The van der Waals surface area contributed by atoms with Gasteiger partial charge in [0.25, 0.3) is 5.91 Å². The summed E-state index contributed by atoms with van der Waals surface area (Å²) in [5.74, 6) is -0.275. The fraction of sp³-hybridized carbons (Fsp3) is 0.300. The summed E-state index contributed by atoms with van der Waals surface area (Å²) >= 11 is 1.75. The van der Waals surface area contributed by atoms with Crippen LogP contribution in [0.25, 0.3) is 0 Å². The van der Waals surface area contributed by atoms with Crippen molar-refractivity contribution in [1.82, 2.24) is 4.90 Å². The van der Waals surface area contributed by atoms with Crippen LogP contribution in [-0.2, 0) is 10.5 Å². The quantitative estimate of drug-likeness (QED) is 0.757. The van der Waals surface area contributed by atoms with Gasteiger partial charge in [-0.2, -0.15) is 0 Å². The first-order chi connectivity index (χ1) is 11.9. The molecule has 0 radical (unpaired) electrons. The molecule has 2 rings (SSSR count). The van der Waals surface area contributed by atoms with E-state index in [1.165, 1.54) is 20.9 Å². The van der Waals surface area contributed by atoms with Crippen molar-refractivity contribution in [2.24, 2.45) is 0 Å². The average Bonchev–Trinajstić information content (AvgIpc) is 2.60. The normalized spacial score (nSPS) is 10.5. The van der Waals surface area contributed by atoms with E-state index in [2.05, 4.69) is 32.0 Å². The summed E-state index contributed by atoms with van der Waals surface area (Å²) in [6.07, 6.45) is -0.0512. The van der Waals surface area contributed by atoms with E-state index in [1.54, 1.807) is 24.9 Å². The summed E-state index contributed by atoms with van der Waals surface area (Å²) in [5, 5.41) is 8.74. The number of aryl methyl sites for hydroxylation is 2. The summed E-state index contributed by atoms with van der Waals surface area (Å²) < 4.78 is 0. The molecule has 0 saturated carbocycles. The Morgan fingerprint density at radius 1 is 1.12 bits per heavy atom. The third-order valence-electron chi connectivity index (χ3n) is 3.92. The second kappa shape index (κ2) is 8.72. The Hall–Kier alpha value is -2.27. The van der Waals surface area contributed by atoms with Crippen molar-refractivity contribution in [2.75, 3.05) is 13.6 Å². The van der Waals surface area contributed by atoms with E-state index in [9.17, 15) is 9.59 Å². The van der Waals surface area contributed by atoms with E-state index in [4.69, 9.17) is 5.11 Å². The Bertz CT molecular complexity index is 773. The van der Waals surface area contributed by atoms with Crippen molar-refractivity contribution < 1.29 is 14.7 Å². The SMILES string of the molecule is Cc1ccc(C)c(SCc2cccc(C(=O)N(C)CCC(=O)O)c2)c1. The lowest BCUT2D eigenvalue weighted by atomic mass is 10.1. The van der Waals surface area contributed by atoms with E-state index >= 15 is 0 Å². The predicted molar refractivity (Wildman–Crippen MR) is 101 cm³/mol. The number of amides is 1. The van der Waals surface area contributed by atoms with E-state index in [0.717, 1.165) is 11.3 Å². The minimum absolute atomic E-state index is 0.0512. The van der Waals surface area contributed by atoms with Gasteiger partial charge in [-0.1, -0.05) is 29.8 Å². The number of rotatable bonds is 7. The summed E-state index contributed by atoms with van der Waals surface area (Å²) in [5.41, 5.74) is 4.14. The van der Waals surface area contributed by atoms with Gasteiger partial charge in [-0.15, -0.1) is 11.8 Å². The number of carboxylic acid groups (broad SMARTS) is 1. The number of benzene rings is 2. The summed E-state index contributed by atoms with van der Waals surface area (Å²) in [6.45, 7) is 4.38. The molecule has 0 unspecified atom stereocenters. The standard InChI is InChI=1S/C20H23NO3S/c1-14-7-8-15(2)18(11-14)25-13-16-5-4-6-17(12-16)20(24)21(3)10-9-19(22)23/h4-8,11-12H,9-10,13H2,1-3H3,(H,22,23). The molecule has 0 atom stereocenters. The van der Waals surface area contributed by atoms with Crippen molar-refractivity contribution >= 4 is 23.6 Å². The van der Waals surface area contributed by atoms with Crippen molar-refractivity contribution in [3.05, 3.63) is 64.7 Å². The maximum absolute atomic E-state index is 12.4. The topological polar surface area (TPSA) is 57.6 Å². The van der Waals surface area contributed by atoms with Crippen LogP contribution in [0, 0.1) is 13.8 Å². The number of hydrogen-bond donors (Lipinski definition) is 1. The minimum Gasteiger partial charge on any atom is -0.481 e. The second-order valence-corrected chi connectivity index (χ2v) is 7.15. The lowest BCUT2D eigenvalue weighted by Gasteiger charge is -2.16. The van der Waals surface area contributed by atoms with Crippen LogP contribution in [-0.4, -0.2) is 35.5 Å². The molecule has 0 saturated heterocycles. The molecule has 0 aliphatic heterocycles. The van der Waals surface area contributed by atoms with Crippen LogP contribution in [0.4, 0.5) is 0 Å². The monoisotopic (exact) mass is 357 g/mol. The Morgan fingerprint density at radius 2 is 1.88 bits per heavy atom. The van der Waals surface area contributed by atoms with Crippen LogP contribution in [0.1, 0.15) is 33.5 Å². The molecule has 0 aliphatic carbocycles. The number of nitrogens with zero attached hydrogens (tertiary/aromatic N) is 1. The first-order valence-corrected chi connectivity index (χ1v) is 9.11. The molecular weight excluding hydrogens is 334 g/mol. The lowest BCUT2D eigenvalue weighted by molar-refractivity contribution is -0.137. The molecule has 0 heterocycles. The van der Waals surface area contributed by atoms with Gasteiger partial charge < -0.3 is 10.0 Å². The van der Waals surface area contributed by atoms with Crippen molar-refractivity contribution in [3.63, 3.8) is 0 Å². The van der Waals surface area contributed by atoms with Crippen LogP contribution in [0.2, 0.25) is 0 Å². The summed E-state index contributed by atoms with van der Waals surface area (Å²) in [4.78, 5) is 25.8. The molecule has 0 aromatic heterocycles. The summed E-state index contributed by atoms with van der Waals surface area (Å²) in [7, 11) is 1.63. The van der Waals surface area contributed by atoms with Crippen molar-refractivity contribution in [1.29, 1.82) is 0 Å². The van der Waals surface area contributed by atoms with Crippen LogP contribution in [0.15, 0.2) is 47.4 Å². The lowest BCUT2D eigenvalue weighted by Crippen LogP contribution is -2.29. The fourth-order valence-electron chi connectivity index (χ4n) is 2.40. The van der Waals surface area contributed by atoms with E-state index in [1.807, 2.05) is 18.2 Å². The molecule has 132 valence electrons. The largest absolute Gasteiger partial charge is 0.481 e. The smallest absolute Gasteiger partial charge is 0.305 e. The number of carboxylic acids is 1. The third kappa shape index (κ3) is 5.64. The molecular formula is C20H23NO3S. The second-order valence-electron chi connectivity index (χ2n) is 6.13. The van der Waals surface area contributed by atoms with Gasteiger partial charge in [0, 0.05) is 29.8 Å². The van der Waals surface area contributed by atoms with Crippen LogP contribution < -0.4 is 0 Å². The number of carbonyl (C=O) groups excluding carboxylic acids is 1. The zero-order valence-corrected chi connectivity index (χ0v) is 15.6. The number of hydrogen-bond acceptors (Lipinski definition) is 3. The van der Waals surface area contributed by atoms with Gasteiger partial charge in [0.15, 0.2) is 0 Å². The Kier molecular flexibility index (Phi) is 6.65. The maximum Gasteiger partial charge on any atom is 0.305 e. The van der Waals surface area contributed by atoms with Gasteiger partial charge in [-0.25, -0.2) is 0 Å². The minimum atomic E-state index is -0.904. The number of carbonyl (C=O) groups is 2. The molecule has 2 aromatic carbocycles. The van der Waals surface area contributed by atoms with E-state index in [-0.39, 0.29) is 18.9 Å². The molecule has 2 aromatic rings. The van der Waals surface area contributed by atoms with Crippen LogP contribution in [0.3, 0.4) is 0 Å². The highest BCUT2D eigenvalue weighted by Crippen LogP contribution is 2.27. The molecule has 0 aliphatic rings. The Morgan fingerprint density at radius 3 is 2.60 bits per heavy atom. The molecule has 0 spiro atoms. The first-order valence-electron chi connectivity index (χ1n) is 8.13. The van der Waals surface area contributed by atoms with Crippen molar-refractivity contribution in [2.45, 2.75) is 30.9 Å². The van der Waals surface area contributed by atoms with Gasteiger partial charge >= 0.3 is 5.97 Å². The van der Waals surface area contributed by atoms with E-state index in [0.29, 0.717) is 5.56 Å². The zero-order valence-electron chi connectivity index (χ0n) is 14.8. The zero-order chi connectivity index (χ0) is 18.4. The van der Waals surface area contributed by atoms with Crippen molar-refractivity contribution in [3.8, 4) is 0 Å². The Labute approximate surface area is 152 Å². The molecule has 0 bridgehead atoms. The first kappa shape index (κ1) is 19.1. The van der Waals surface area contributed by atoms with Crippen LogP contribution >= 0.6 is 11.8 Å². The van der Waals surface area contributed by atoms with Gasteiger partial charge in [0.1, 0.15) is 0 Å². The number of thioether (sulfide) groups is 1. The van der Waals surface area contributed by atoms with Gasteiger partial charge in [-0.05, 0) is 43.2 Å². The molecule has 25 heavy (non-hydrogen) atoms. The predicted octanol–water partition coefficient (Wildman–Crippen LogP) is 4.14. The Balaban J connectivity index is 2.04. The number of aliphatic carboxylic acids is 1. The average molecular weight is 357 g/mol. The van der Waals surface area contributed by atoms with Gasteiger partial charge in [0.05, 0.1) is 6.42 Å². The molecule has 5 heteroatoms. The molecule has 1 N–H and O–H groups in total. The highest BCUT2D eigenvalue weighted by atomic mass is 32.2. The molecule has 0 fully saturated rings. The van der Waals surface area contributed by atoms with E-state index < -0.39 is 5.97 Å². The fourth-order valence-corrected chi connectivity index (χ4v) is 3.47. The van der Waals surface area contributed by atoms with Crippen LogP contribution in [0.5, 0.6) is 0 Å². The highest BCUT2D eigenvalue weighted by Gasteiger charge is 2.13. The third-order valence-corrected chi connectivity index (χ3v) is 5.15. The molecule has 4 nitrogen and oxygen atoms in total. The highest BCUT2D eigenvalue weighted by molar-refractivity contribution is 7.98. The van der Waals surface area contributed by atoms with Gasteiger partial charge in [0.2, 0.25) is 0 Å². The maximum atomic E-state index is 12.4. The summed E-state index contributed by atoms with van der Waals surface area (Å²) in [6, 6.07) is 13.9. The van der Waals surface area contributed by atoms with Gasteiger partial charge in [-0.3, -0.25) is 9.59 Å². The molecule has 1 amide bonds.